The van der Waals surface area contributed by atoms with Crippen LogP contribution in [0.25, 0.3) is 0 Å². The largest absolute Gasteiger partial charge is 0.375 e. The van der Waals surface area contributed by atoms with Crippen molar-refractivity contribution in [1.29, 1.82) is 0 Å². The van der Waals surface area contributed by atoms with Gasteiger partial charge in [-0.3, -0.25) is 0 Å². The van der Waals surface area contributed by atoms with Crippen LogP contribution in [0.2, 0.25) is 0 Å². The molecule has 0 rings (SSSR count). The summed E-state index contributed by atoms with van der Waals surface area (Å²) in [6, 6.07) is 0. The summed E-state index contributed by atoms with van der Waals surface area (Å²) in [4.78, 5) is 0. The number of hydrogen-bond acceptors (Lipinski definition) is 3. The van der Waals surface area contributed by atoms with Crippen LogP contribution in [-0.4, -0.2) is 37.7 Å². The minimum atomic E-state index is -2.89. The van der Waals surface area contributed by atoms with Crippen LogP contribution in [0.5, 0.6) is 0 Å². The molecule has 0 radical (unpaired) electrons. The Balaban J connectivity index is 3.73. The Morgan fingerprint density at radius 2 is 1.86 bits per heavy atom. The van der Waals surface area contributed by atoms with E-state index in [1.54, 1.807) is 11.8 Å². The summed E-state index contributed by atoms with van der Waals surface area (Å²) in [5.74, 6) is -2.00. The lowest BCUT2D eigenvalue weighted by atomic mass is 9.98. The molecular formula is C9H19F2NOS. The second kappa shape index (κ2) is 5.88. The molecule has 0 atom stereocenters. The number of rotatable bonds is 7. The van der Waals surface area contributed by atoms with E-state index in [0.717, 1.165) is 5.75 Å². The fourth-order valence-electron chi connectivity index (χ4n) is 0.968. The Kier molecular flexibility index (Phi) is 5.93. The van der Waals surface area contributed by atoms with Crippen molar-refractivity contribution in [2.75, 3.05) is 31.8 Å². The van der Waals surface area contributed by atoms with Crippen LogP contribution >= 0.6 is 11.8 Å². The zero-order valence-corrected chi connectivity index (χ0v) is 9.79. The molecule has 2 nitrogen and oxygen atoms in total. The third-order valence-corrected chi connectivity index (χ3v) is 2.71. The summed E-state index contributed by atoms with van der Waals surface area (Å²) in [7, 11) is 0. The predicted molar refractivity (Wildman–Crippen MR) is 57.0 cm³/mol. The van der Waals surface area contributed by atoms with Gasteiger partial charge in [-0.05, 0) is 11.7 Å². The van der Waals surface area contributed by atoms with E-state index in [1.807, 2.05) is 20.1 Å². The van der Waals surface area contributed by atoms with Crippen LogP contribution in [0.15, 0.2) is 0 Å². The highest BCUT2D eigenvalue weighted by molar-refractivity contribution is 7.98. The van der Waals surface area contributed by atoms with Gasteiger partial charge >= 0.3 is 0 Å². The second-order valence-corrected chi connectivity index (χ2v) is 5.02. The third-order valence-electron chi connectivity index (χ3n) is 1.64. The van der Waals surface area contributed by atoms with Gasteiger partial charge in [0.1, 0.15) is 6.61 Å². The van der Waals surface area contributed by atoms with Gasteiger partial charge in [0.2, 0.25) is 0 Å². The van der Waals surface area contributed by atoms with Crippen LogP contribution in [0, 0.1) is 5.41 Å². The van der Waals surface area contributed by atoms with Gasteiger partial charge < -0.3 is 10.5 Å². The Bertz CT molecular complexity index is 165. The first kappa shape index (κ1) is 14.1. The van der Waals surface area contributed by atoms with Crippen molar-refractivity contribution >= 4 is 11.8 Å². The lowest BCUT2D eigenvalue weighted by Crippen LogP contribution is -2.35. The van der Waals surface area contributed by atoms with E-state index >= 15 is 0 Å². The Hall–Kier alpha value is 0.130. The molecule has 0 aliphatic carbocycles. The van der Waals surface area contributed by atoms with Gasteiger partial charge in [-0.25, -0.2) is 8.78 Å². The molecule has 0 aromatic carbocycles. The molecule has 0 unspecified atom stereocenters. The highest BCUT2D eigenvalue weighted by Crippen LogP contribution is 2.21. The minimum Gasteiger partial charge on any atom is -0.375 e. The zero-order chi connectivity index (χ0) is 11.2. The van der Waals surface area contributed by atoms with Crippen molar-refractivity contribution < 1.29 is 13.5 Å². The van der Waals surface area contributed by atoms with E-state index in [9.17, 15) is 8.78 Å². The number of halogens is 2. The second-order valence-electron chi connectivity index (χ2n) is 4.15. The number of alkyl halides is 2. The first-order valence-electron chi connectivity index (χ1n) is 4.47. The number of nitrogens with two attached hydrogens (primary N) is 1. The highest BCUT2D eigenvalue weighted by Gasteiger charge is 2.28. The van der Waals surface area contributed by atoms with E-state index in [4.69, 9.17) is 10.5 Å². The molecular weight excluding hydrogens is 208 g/mol. The van der Waals surface area contributed by atoms with Crippen molar-refractivity contribution in [3.8, 4) is 0 Å². The Labute approximate surface area is 88.6 Å². The SMILES string of the molecule is CSCC(C)(C)COCC(F)(F)CN. The van der Waals surface area contributed by atoms with E-state index in [2.05, 4.69) is 0 Å². The van der Waals surface area contributed by atoms with Gasteiger partial charge in [-0.15, -0.1) is 0 Å². The summed E-state index contributed by atoms with van der Waals surface area (Å²) >= 11 is 1.68. The first-order chi connectivity index (χ1) is 6.33. The molecule has 0 saturated carbocycles. The van der Waals surface area contributed by atoms with Gasteiger partial charge in [0, 0.05) is 5.75 Å². The standard InChI is InChI=1S/C9H19F2NOS/c1-8(2,7-14-3)5-13-6-9(10,11)4-12/h4-7,12H2,1-3H3. The molecule has 0 aromatic rings. The molecule has 0 aliphatic rings. The van der Waals surface area contributed by atoms with Gasteiger partial charge in [0.15, 0.2) is 0 Å². The molecule has 0 saturated heterocycles. The first-order valence-corrected chi connectivity index (χ1v) is 5.87. The topological polar surface area (TPSA) is 35.2 Å². The molecule has 14 heavy (non-hydrogen) atoms. The van der Waals surface area contributed by atoms with Crippen molar-refractivity contribution in [3.63, 3.8) is 0 Å². The van der Waals surface area contributed by atoms with E-state index < -0.39 is 19.1 Å². The smallest absolute Gasteiger partial charge is 0.282 e. The average molecular weight is 227 g/mol. The highest BCUT2D eigenvalue weighted by atomic mass is 32.2. The monoisotopic (exact) mass is 227 g/mol. The molecule has 5 heteroatoms. The van der Waals surface area contributed by atoms with Gasteiger partial charge in [-0.2, -0.15) is 11.8 Å². The average Bonchev–Trinajstić information content (AvgIpc) is 2.03. The maximum Gasteiger partial charge on any atom is 0.282 e. The number of hydrogen-bond donors (Lipinski definition) is 1. The molecule has 0 heterocycles. The summed E-state index contributed by atoms with van der Waals surface area (Å²) in [5, 5.41) is 0. The molecule has 0 bridgehead atoms. The maximum absolute atomic E-state index is 12.7. The molecule has 0 fully saturated rings. The number of ether oxygens (including phenoxy) is 1. The fourth-order valence-corrected chi connectivity index (χ4v) is 1.83. The van der Waals surface area contributed by atoms with Gasteiger partial charge in [0.05, 0.1) is 13.2 Å². The molecule has 2 N–H and O–H groups in total. The molecule has 0 amide bonds. The molecule has 0 aromatic heterocycles. The van der Waals surface area contributed by atoms with Gasteiger partial charge in [0.25, 0.3) is 5.92 Å². The van der Waals surface area contributed by atoms with Crippen LogP contribution < -0.4 is 5.73 Å². The van der Waals surface area contributed by atoms with E-state index in [1.165, 1.54) is 0 Å². The quantitative estimate of drug-likeness (QED) is 0.722. The Morgan fingerprint density at radius 3 is 2.29 bits per heavy atom. The van der Waals surface area contributed by atoms with Gasteiger partial charge in [-0.1, -0.05) is 13.8 Å². The lowest BCUT2D eigenvalue weighted by Gasteiger charge is -2.24. The summed E-state index contributed by atoms with van der Waals surface area (Å²) in [6.07, 6.45) is 1.98. The predicted octanol–water partition coefficient (Wildman–Crippen LogP) is 1.99. The third kappa shape index (κ3) is 6.56. The normalized spacial score (nSPS) is 13.3. The molecule has 86 valence electrons. The fraction of sp³-hybridized carbons (Fsp3) is 1.00. The van der Waals surface area contributed by atoms with Crippen LogP contribution in [0.3, 0.4) is 0 Å². The molecule has 0 aliphatic heterocycles. The minimum absolute atomic E-state index is 0.0654. The molecule has 0 spiro atoms. The van der Waals surface area contributed by atoms with Crippen molar-refractivity contribution in [2.24, 2.45) is 11.1 Å². The summed E-state index contributed by atoms with van der Waals surface area (Å²) in [5.41, 5.74) is 4.82. The Morgan fingerprint density at radius 1 is 1.29 bits per heavy atom. The van der Waals surface area contributed by atoms with Crippen molar-refractivity contribution in [1.82, 2.24) is 0 Å². The van der Waals surface area contributed by atoms with Crippen molar-refractivity contribution in [3.05, 3.63) is 0 Å². The van der Waals surface area contributed by atoms with E-state index in [-0.39, 0.29) is 5.41 Å². The summed E-state index contributed by atoms with van der Waals surface area (Å²) < 4.78 is 30.3. The van der Waals surface area contributed by atoms with E-state index in [0.29, 0.717) is 6.61 Å². The number of thioether (sulfide) groups is 1. The maximum atomic E-state index is 12.7. The van der Waals surface area contributed by atoms with Crippen molar-refractivity contribution in [2.45, 2.75) is 19.8 Å². The summed E-state index contributed by atoms with van der Waals surface area (Å²) in [6.45, 7) is 3.08. The zero-order valence-electron chi connectivity index (χ0n) is 8.98. The van der Waals surface area contributed by atoms with Crippen LogP contribution in [0.4, 0.5) is 8.78 Å². The lowest BCUT2D eigenvalue weighted by molar-refractivity contribution is -0.0813. The van der Waals surface area contributed by atoms with Crippen LogP contribution in [-0.2, 0) is 4.74 Å². The van der Waals surface area contributed by atoms with Crippen LogP contribution in [0.1, 0.15) is 13.8 Å².